The van der Waals surface area contributed by atoms with Crippen LogP contribution in [-0.4, -0.2) is 56.6 Å². The molecule has 0 radical (unpaired) electrons. The van der Waals surface area contributed by atoms with Crippen molar-refractivity contribution in [3.05, 3.63) is 70.0 Å². The van der Waals surface area contributed by atoms with Gasteiger partial charge in [0.15, 0.2) is 0 Å². The topological polar surface area (TPSA) is 66.9 Å². The van der Waals surface area contributed by atoms with Crippen LogP contribution < -0.4 is 19.7 Å². The van der Waals surface area contributed by atoms with Crippen LogP contribution in [0, 0.1) is 0 Å². The summed E-state index contributed by atoms with van der Waals surface area (Å²) in [4.78, 5) is 22.6. The van der Waals surface area contributed by atoms with E-state index in [0.29, 0.717) is 24.5 Å². The van der Waals surface area contributed by atoms with Crippen LogP contribution in [0.4, 0.5) is 5.69 Å². The minimum Gasteiger partial charge on any atom is -0.485 e. The number of methoxy groups -OCH3 is 1. The fourth-order valence-corrected chi connectivity index (χ4v) is 4.69. The van der Waals surface area contributed by atoms with Gasteiger partial charge in [-0.05, 0) is 42.7 Å². The lowest BCUT2D eigenvalue weighted by molar-refractivity contribution is 0.0754. The molecule has 1 N–H and O–H groups in total. The maximum absolute atomic E-state index is 13.2. The number of carbonyl (C=O) groups excluding carboxylic acids is 1. The van der Waals surface area contributed by atoms with Gasteiger partial charge >= 0.3 is 0 Å². The SMILES string of the molecule is CNCC[C@H](Oc1ccc(CN2CCN(C)c3cc(OC)ncc3C2=O)cc1)c1cccs1. The molecule has 1 aromatic carbocycles. The average molecular weight is 467 g/mol. The summed E-state index contributed by atoms with van der Waals surface area (Å²) in [6.07, 6.45) is 2.53. The predicted molar refractivity (Wildman–Crippen MR) is 131 cm³/mol. The van der Waals surface area contributed by atoms with Crippen molar-refractivity contribution in [3.8, 4) is 11.6 Å². The number of anilines is 1. The third kappa shape index (κ3) is 5.46. The molecule has 1 aliphatic rings. The summed E-state index contributed by atoms with van der Waals surface area (Å²) < 4.78 is 11.5. The van der Waals surface area contributed by atoms with E-state index in [1.54, 1.807) is 24.6 Å². The predicted octanol–water partition coefficient (Wildman–Crippen LogP) is 3.97. The zero-order valence-electron chi connectivity index (χ0n) is 19.3. The molecule has 0 bridgehead atoms. The van der Waals surface area contributed by atoms with E-state index in [4.69, 9.17) is 9.47 Å². The highest BCUT2D eigenvalue weighted by molar-refractivity contribution is 7.10. The second kappa shape index (κ2) is 10.7. The molecule has 8 heteroatoms. The molecule has 0 fully saturated rings. The van der Waals surface area contributed by atoms with Gasteiger partial charge in [-0.1, -0.05) is 18.2 Å². The lowest BCUT2D eigenvalue weighted by Crippen LogP contribution is -2.33. The Morgan fingerprint density at radius 2 is 2.03 bits per heavy atom. The quantitative estimate of drug-likeness (QED) is 0.515. The second-order valence-corrected chi connectivity index (χ2v) is 9.03. The number of hydrogen-bond donors (Lipinski definition) is 1. The molecule has 0 aliphatic carbocycles. The van der Waals surface area contributed by atoms with Gasteiger partial charge in [-0.3, -0.25) is 4.79 Å². The zero-order chi connectivity index (χ0) is 23.2. The molecule has 0 saturated carbocycles. The van der Waals surface area contributed by atoms with Crippen LogP contribution in [0.2, 0.25) is 0 Å². The fourth-order valence-electron chi connectivity index (χ4n) is 3.90. The molecular formula is C25H30N4O3S. The Morgan fingerprint density at radius 3 is 2.73 bits per heavy atom. The van der Waals surface area contributed by atoms with E-state index in [-0.39, 0.29) is 12.0 Å². The summed E-state index contributed by atoms with van der Waals surface area (Å²) in [6, 6.07) is 14.0. The number of amides is 1. The van der Waals surface area contributed by atoms with Gasteiger partial charge in [-0.2, -0.15) is 0 Å². The first kappa shape index (κ1) is 23.1. The van der Waals surface area contributed by atoms with Gasteiger partial charge in [0.1, 0.15) is 11.9 Å². The van der Waals surface area contributed by atoms with Crippen LogP contribution in [-0.2, 0) is 6.54 Å². The number of rotatable bonds is 9. The number of nitrogens with one attached hydrogen (secondary N) is 1. The van der Waals surface area contributed by atoms with Gasteiger partial charge in [0.2, 0.25) is 5.88 Å². The Labute approximate surface area is 199 Å². The standard InChI is InChI=1S/C25H30N4O3S/c1-26-11-10-22(23-5-4-14-33-23)32-19-8-6-18(7-9-19)17-29-13-12-28(2)21-15-24(31-3)27-16-20(21)25(29)30/h4-9,14-16,22,26H,10-13,17H2,1-3H3/t22-/m0/s1. The molecule has 174 valence electrons. The second-order valence-electron chi connectivity index (χ2n) is 8.05. The van der Waals surface area contributed by atoms with Crippen molar-refractivity contribution in [3.63, 3.8) is 0 Å². The number of ether oxygens (including phenoxy) is 2. The highest BCUT2D eigenvalue weighted by Gasteiger charge is 2.26. The molecule has 4 rings (SSSR count). The Morgan fingerprint density at radius 1 is 1.21 bits per heavy atom. The minimum atomic E-state index is -0.0188. The van der Waals surface area contributed by atoms with Crippen LogP contribution in [0.25, 0.3) is 0 Å². The highest BCUT2D eigenvalue weighted by Crippen LogP contribution is 2.30. The van der Waals surface area contributed by atoms with Crippen molar-refractivity contribution in [1.82, 2.24) is 15.2 Å². The summed E-state index contributed by atoms with van der Waals surface area (Å²) in [5, 5.41) is 5.28. The average Bonchev–Trinajstić information content (AvgIpc) is 3.35. The number of benzene rings is 1. The maximum Gasteiger partial charge on any atom is 0.257 e. The monoisotopic (exact) mass is 466 g/mol. The number of fused-ring (bicyclic) bond motifs is 1. The van der Waals surface area contributed by atoms with E-state index < -0.39 is 0 Å². The van der Waals surface area contributed by atoms with E-state index in [9.17, 15) is 4.79 Å². The Kier molecular flexibility index (Phi) is 7.47. The molecule has 2 aromatic heterocycles. The molecule has 0 saturated heterocycles. The first-order valence-electron chi connectivity index (χ1n) is 11.1. The van der Waals surface area contributed by atoms with E-state index in [2.05, 4.69) is 32.7 Å². The van der Waals surface area contributed by atoms with Crippen LogP contribution in [0.15, 0.2) is 54.0 Å². The summed E-state index contributed by atoms with van der Waals surface area (Å²) in [5.74, 6) is 1.32. The van der Waals surface area contributed by atoms with E-state index in [0.717, 1.165) is 36.5 Å². The van der Waals surface area contributed by atoms with E-state index in [1.807, 2.05) is 49.3 Å². The summed E-state index contributed by atoms with van der Waals surface area (Å²) >= 11 is 1.71. The summed E-state index contributed by atoms with van der Waals surface area (Å²) in [6.45, 7) is 2.79. The van der Waals surface area contributed by atoms with Gasteiger partial charge in [-0.25, -0.2) is 4.98 Å². The van der Waals surface area contributed by atoms with Crippen molar-refractivity contribution in [2.75, 3.05) is 45.7 Å². The van der Waals surface area contributed by atoms with Crippen LogP contribution in [0.5, 0.6) is 11.6 Å². The number of hydrogen-bond acceptors (Lipinski definition) is 7. The molecule has 3 heterocycles. The van der Waals surface area contributed by atoms with E-state index >= 15 is 0 Å². The molecule has 3 aromatic rings. The highest BCUT2D eigenvalue weighted by atomic mass is 32.1. The Bertz CT molecular complexity index is 1060. The van der Waals surface area contributed by atoms with Crippen LogP contribution in [0.1, 0.15) is 33.3 Å². The number of pyridine rings is 1. The van der Waals surface area contributed by atoms with Crippen molar-refractivity contribution >= 4 is 22.9 Å². The summed E-state index contributed by atoms with van der Waals surface area (Å²) in [5.41, 5.74) is 2.50. The van der Waals surface area contributed by atoms with Crippen molar-refractivity contribution in [1.29, 1.82) is 0 Å². The van der Waals surface area contributed by atoms with Gasteiger partial charge in [0.25, 0.3) is 5.91 Å². The Hall–Kier alpha value is -3.10. The lowest BCUT2D eigenvalue weighted by Gasteiger charge is -2.22. The van der Waals surface area contributed by atoms with Crippen LogP contribution in [0.3, 0.4) is 0 Å². The molecule has 0 spiro atoms. The van der Waals surface area contributed by atoms with Crippen molar-refractivity contribution < 1.29 is 14.3 Å². The lowest BCUT2D eigenvalue weighted by atomic mass is 10.1. The number of aromatic nitrogens is 1. The van der Waals surface area contributed by atoms with Gasteiger partial charge in [-0.15, -0.1) is 11.3 Å². The summed E-state index contributed by atoms with van der Waals surface area (Å²) in [7, 11) is 5.52. The normalized spacial score (nSPS) is 14.6. The fraction of sp³-hybridized carbons (Fsp3) is 0.360. The first-order valence-corrected chi connectivity index (χ1v) is 11.9. The number of carbonyl (C=O) groups is 1. The molecule has 1 atom stereocenters. The third-order valence-electron chi connectivity index (χ3n) is 5.79. The van der Waals surface area contributed by atoms with Gasteiger partial charge in [0.05, 0.1) is 18.4 Å². The third-order valence-corrected chi connectivity index (χ3v) is 6.76. The van der Waals surface area contributed by atoms with E-state index in [1.165, 1.54) is 4.88 Å². The van der Waals surface area contributed by atoms with Gasteiger partial charge < -0.3 is 24.6 Å². The molecule has 0 unspecified atom stereocenters. The number of thiophene rings is 1. The molecule has 1 amide bonds. The van der Waals surface area contributed by atoms with Crippen LogP contribution >= 0.6 is 11.3 Å². The minimum absolute atomic E-state index is 0.0188. The largest absolute Gasteiger partial charge is 0.485 e. The Balaban J connectivity index is 1.45. The smallest absolute Gasteiger partial charge is 0.257 e. The van der Waals surface area contributed by atoms with Gasteiger partial charge in [0, 0.05) is 50.2 Å². The van der Waals surface area contributed by atoms with Crippen molar-refractivity contribution in [2.45, 2.75) is 19.1 Å². The number of nitrogens with zero attached hydrogens (tertiary/aromatic N) is 3. The molecular weight excluding hydrogens is 436 g/mol. The molecule has 33 heavy (non-hydrogen) atoms. The maximum atomic E-state index is 13.2. The molecule has 7 nitrogen and oxygen atoms in total. The first-order chi connectivity index (χ1) is 16.1. The van der Waals surface area contributed by atoms with Crippen molar-refractivity contribution in [2.24, 2.45) is 0 Å². The number of likely N-dealkylation sites (N-methyl/N-ethyl adjacent to an activating group) is 1. The zero-order valence-corrected chi connectivity index (χ0v) is 20.1. The molecule has 1 aliphatic heterocycles.